The number of rotatable bonds is 7. The summed E-state index contributed by atoms with van der Waals surface area (Å²) in [6, 6.07) is 9.30. The summed E-state index contributed by atoms with van der Waals surface area (Å²) in [5, 5.41) is 3.35. The Morgan fingerprint density at radius 3 is 2.48 bits per heavy atom. The molecule has 31 heavy (non-hydrogen) atoms. The highest BCUT2D eigenvalue weighted by Gasteiger charge is 2.25. The molecule has 0 unspecified atom stereocenters. The lowest BCUT2D eigenvalue weighted by atomic mass is 10.2. The van der Waals surface area contributed by atoms with Crippen LogP contribution in [0.25, 0.3) is 0 Å². The van der Waals surface area contributed by atoms with Crippen LogP contribution < -0.4 is 14.8 Å². The molecule has 1 saturated heterocycles. The number of aliphatic imine (C=N–C) groups is 1. The zero-order valence-corrected chi connectivity index (χ0v) is 20.6. The predicted octanol–water partition coefficient (Wildman–Crippen LogP) is 3.23. The maximum Gasteiger partial charge on any atom is 0.289 e. The summed E-state index contributed by atoms with van der Waals surface area (Å²) < 4.78 is 16.2. The second-order valence-electron chi connectivity index (χ2n) is 6.84. The maximum atomic E-state index is 12.5. The zero-order chi connectivity index (χ0) is 21.3. The Morgan fingerprint density at radius 2 is 1.87 bits per heavy atom. The molecule has 1 aliphatic rings. The summed E-state index contributed by atoms with van der Waals surface area (Å²) in [5.74, 6) is 2.60. The van der Waals surface area contributed by atoms with Crippen molar-refractivity contribution in [1.82, 2.24) is 15.1 Å². The minimum atomic E-state index is -0.0666. The summed E-state index contributed by atoms with van der Waals surface area (Å²) in [7, 11) is 1.64. The largest absolute Gasteiger partial charge is 0.493 e. The van der Waals surface area contributed by atoms with Gasteiger partial charge in [-0.2, -0.15) is 0 Å². The van der Waals surface area contributed by atoms with Gasteiger partial charge in [0.2, 0.25) is 0 Å². The van der Waals surface area contributed by atoms with Gasteiger partial charge in [0.05, 0.1) is 26.5 Å². The molecular weight excluding hydrogens is 511 g/mol. The first kappa shape index (κ1) is 24.8. The van der Waals surface area contributed by atoms with Gasteiger partial charge in [0.1, 0.15) is 0 Å². The number of hydrogen-bond donors (Lipinski definition) is 1. The monoisotopic (exact) mass is 542 g/mol. The summed E-state index contributed by atoms with van der Waals surface area (Å²) >= 11 is 0. The lowest BCUT2D eigenvalue weighted by Gasteiger charge is -2.36. The lowest BCUT2D eigenvalue weighted by molar-refractivity contribution is 0.0657. The highest BCUT2D eigenvalue weighted by molar-refractivity contribution is 14.0. The number of nitrogens with zero attached hydrogens (tertiary/aromatic N) is 3. The van der Waals surface area contributed by atoms with Crippen LogP contribution in [-0.2, 0) is 6.54 Å². The molecule has 0 bridgehead atoms. The second kappa shape index (κ2) is 12.4. The third-order valence-electron chi connectivity index (χ3n) is 4.87. The molecule has 1 aliphatic heterocycles. The lowest BCUT2D eigenvalue weighted by Crippen LogP contribution is -2.53. The van der Waals surface area contributed by atoms with Crippen LogP contribution in [0.3, 0.4) is 0 Å². The summed E-state index contributed by atoms with van der Waals surface area (Å²) in [6.07, 6.45) is 1.52. The highest BCUT2D eigenvalue weighted by atomic mass is 127. The van der Waals surface area contributed by atoms with Crippen LogP contribution >= 0.6 is 24.0 Å². The number of nitrogens with one attached hydrogen (secondary N) is 1. The van der Waals surface area contributed by atoms with Crippen molar-refractivity contribution < 1.29 is 18.7 Å². The van der Waals surface area contributed by atoms with E-state index >= 15 is 0 Å². The molecule has 2 aromatic rings. The standard InChI is InChI=1S/C22H30N4O4.HI/c1-4-23-22(24-16-17-8-9-18(29-5-2)20(15-17)28-3)26-12-10-25(11-13-26)21(27)19-7-6-14-30-19;/h6-9,14-15H,4-5,10-13,16H2,1-3H3,(H,23,24);1H. The van der Waals surface area contributed by atoms with Crippen LogP contribution in [0.5, 0.6) is 11.5 Å². The number of halogens is 1. The fourth-order valence-corrected chi connectivity index (χ4v) is 3.35. The molecule has 170 valence electrons. The Labute approximate surface area is 200 Å². The first-order chi connectivity index (χ1) is 14.7. The molecule has 1 aromatic carbocycles. The Morgan fingerprint density at radius 1 is 1.13 bits per heavy atom. The van der Waals surface area contributed by atoms with Gasteiger partial charge in [-0.05, 0) is 43.7 Å². The van der Waals surface area contributed by atoms with E-state index in [2.05, 4.69) is 10.2 Å². The first-order valence-electron chi connectivity index (χ1n) is 10.3. The molecule has 0 radical (unpaired) electrons. The van der Waals surface area contributed by atoms with Crippen LogP contribution in [0, 0.1) is 0 Å². The van der Waals surface area contributed by atoms with Crippen LogP contribution in [0.2, 0.25) is 0 Å². The molecule has 1 amide bonds. The van der Waals surface area contributed by atoms with Gasteiger partial charge in [-0.15, -0.1) is 24.0 Å². The van der Waals surface area contributed by atoms with Crippen molar-refractivity contribution in [2.45, 2.75) is 20.4 Å². The average molecular weight is 542 g/mol. The first-order valence-corrected chi connectivity index (χ1v) is 10.3. The van der Waals surface area contributed by atoms with E-state index in [-0.39, 0.29) is 29.9 Å². The van der Waals surface area contributed by atoms with Gasteiger partial charge < -0.3 is 29.0 Å². The molecule has 8 nitrogen and oxygen atoms in total. The molecule has 0 saturated carbocycles. The summed E-state index contributed by atoms with van der Waals surface area (Å²) in [4.78, 5) is 21.2. The minimum Gasteiger partial charge on any atom is -0.493 e. The van der Waals surface area contributed by atoms with Crippen molar-refractivity contribution in [3.05, 3.63) is 47.9 Å². The Kier molecular flexibility index (Phi) is 9.96. The molecule has 0 aliphatic carbocycles. The van der Waals surface area contributed by atoms with E-state index < -0.39 is 0 Å². The van der Waals surface area contributed by atoms with Gasteiger partial charge in [-0.25, -0.2) is 4.99 Å². The molecule has 9 heteroatoms. The van der Waals surface area contributed by atoms with Crippen molar-refractivity contribution >= 4 is 35.8 Å². The van der Waals surface area contributed by atoms with Gasteiger partial charge in [0.15, 0.2) is 23.2 Å². The number of guanidine groups is 1. The number of ether oxygens (including phenoxy) is 2. The molecule has 0 spiro atoms. The van der Waals surface area contributed by atoms with Crippen molar-refractivity contribution in [3.8, 4) is 11.5 Å². The van der Waals surface area contributed by atoms with Crippen molar-refractivity contribution in [3.63, 3.8) is 0 Å². The van der Waals surface area contributed by atoms with E-state index in [1.807, 2.05) is 36.9 Å². The van der Waals surface area contributed by atoms with Gasteiger partial charge in [-0.1, -0.05) is 6.07 Å². The van der Waals surface area contributed by atoms with Gasteiger partial charge in [0.25, 0.3) is 5.91 Å². The molecule has 1 fully saturated rings. The van der Waals surface area contributed by atoms with Gasteiger partial charge in [-0.3, -0.25) is 4.79 Å². The fraction of sp³-hybridized carbons (Fsp3) is 0.455. The average Bonchev–Trinajstić information content (AvgIpc) is 3.32. The van der Waals surface area contributed by atoms with E-state index in [9.17, 15) is 4.79 Å². The number of hydrogen-bond acceptors (Lipinski definition) is 5. The third-order valence-corrected chi connectivity index (χ3v) is 4.87. The third kappa shape index (κ3) is 6.52. The Balaban J connectivity index is 0.00000341. The molecule has 1 N–H and O–H groups in total. The Bertz CT molecular complexity index is 849. The number of carbonyl (C=O) groups is 1. The van der Waals surface area contributed by atoms with E-state index in [1.54, 1.807) is 19.2 Å². The van der Waals surface area contributed by atoms with Crippen molar-refractivity contribution in [2.24, 2.45) is 4.99 Å². The van der Waals surface area contributed by atoms with Gasteiger partial charge >= 0.3 is 0 Å². The van der Waals surface area contributed by atoms with Crippen LogP contribution in [-0.4, -0.2) is 68.1 Å². The summed E-state index contributed by atoms with van der Waals surface area (Å²) in [5.41, 5.74) is 1.04. The maximum absolute atomic E-state index is 12.5. The number of piperazine rings is 1. The van der Waals surface area contributed by atoms with Crippen molar-refractivity contribution in [1.29, 1.82) is 0 Å². The van der Waals surface area contributed by atoms with E-state index in [0.717, 1.165) is 23.8 Å². The number of carbonyl (C=O) groups excluding carboxylic acids is 1. The SMILES string of the molecule is CCNC(=NCc1ccc(OCC)c(OC)c1)N1CCN(C(=O)c2ccco2)CC1.I. The summed E-state index contributed by atoms with van der Waals surface area (Å²) in [6.45, 7) is 8.56. The topological polar surface area (TPSA) is 79.5 Å². The van der Waals surface area contributed by atoms with Crippen LogP contribution in [0.1, 0.15) is 30.0 Å². The quantitative estimate of drug-likeness (QED) is 0.329. The van der Waals surface area contributed by atoms with Crippen LogP contribution in [0.4, 0.5) is 0 Å². The van der Waals surface area contributed by atoms with E-state index in [1.165, 1.54) is 6.26 Å². The normalized spacial score (nSPS) is 14.1. The number of amides is 1. The Hall–Kier alpha value is -2.43. The number of benzene rings is 1. The molecular formula is C22H31IN4O4. The van der Waals surface area contributed by atoms with Gasteiger partial charge in [0, 0.05) is 32.7 Å². The van der Waals surface area contributed by atoms with Crippen molar-refractivity contribution in [2.75, 3.05) is 46.4 Å². The number of furan rings is 1. The van der Waals surface area contributed by atoms with Crippen LogP contribution in [0.15, 0.2) is 46.0 Å². The second-order valence-corrected chi connectivity index (χ2v) is 6.84. The molecule has 1 aromatic heterocycles. The number of methoxy groups -OCH3 is 1. The molecule has 2 heterocycles. The van der Waals surface area contributed by atoms with E-state index in [0.29, 0.717) is 50.8 Å². The fourth-order valence-electron chi connectivity index (χ4n) is 3.35. The molecule has 3 rings (SSSR count). The zero-order valence-electron chi connectivity index (χ0n) is 18.3. The highest BCUT2D eigenvalue weighted by Crippen LogP contribution is 2.28. The smallest absolute Gasteiger partial charge is 0.289 e. The molecule has 0 atom stereocenters. The predicted molar refractivity (Wildman–Crippen MR) is 131 cm³/mol. The van der Waals surface area contributed by atoms with E-state index in [4.69, 9.17) is 18.9 Å². The minimum absolute atomic E-state index is 0.